The Labute approximate surface area is 117 Å². The van der Waals surface area contributed by atoms with Gasteiger partial charge in [-0.05, 0) is 13.0 Å². The van der Waals surface area contributed by atoms with Gasteiger partial charge in [-0.15, -0.1) is 0 Å². The van der Waals surface area contributed by atoms with Gasteiger partial charge >= 0.3 is 5.97 Å². The Bertz CT molecular complexity index is 444. The second-order valence-electron chi connectivity index (χ2n) is 4.18. The molecule has 1 aromatic rings. The first-order valence-corrected chi connectivity index (χ1v) is 6.24. The minimum Gasteiger partial charge on any atom is -0.467 e. The van der Waals surface area contributed by atoms with Gasteiger partial charge in [-0.2, -0.15) is 0 Å². The predicted molar refractivity (Wildman–Crippen MR) is 71.2 cm³/mol. The Kier molecular flexibility index (Phi) is 6.75. The van der Waals surface area contributed by atoms with E-state index in [4.69, 9.17) is 9.15 Å². The van der Waals surface area contributed by atoms with Gasteiger partial charge in [-0.1, -0.05) is 0 Å². The third-order valence-corrected chi connectivity index (χ3v) is 2.66. The van der Waals surface area contributed by atoms with Crippen molar-refractivity contribution in [3.8, 4) is 0 Å². The molecule has 1 heterocycles. The molecule has 0 aromatic carbocycles. The molecule has 1 unspecified atom stereocenters. The normalized spacial score (nSPS) is 11.9. The van der Waals surface area contributed by atoms with Crippen molar-refractivity contribution in [3.63, 3.8) is 0 Å². The summed E-state index contributed by atoms with van der Waals surface area (Å²) in [6.45, 7) is 3.02. The summed E-state index contributed by atoms with van der Waals surface area (Å²) in [6.07, 6.45) is 1.33. The van der Waals surface area contributed by atoms with Gasteiger partial charge in [0.15, 0.2) is 0 Å². The van der Waals surface area contributed by atoms with E-state index in [-0.39, 0.29) is 11.9 Å². The number of carbonyl (C=O) groups is 2. The quantitative estimate of drug-likeness (QED) is 0.527. The highest BCUT2D eigenvalue weighted by Crippen LogP contribution is 2.08. The van der Waals surface area contributed by atoms with Crippen LogP contribution in [0.5, 0.6) is 0 Å². The minimum atomic E-state index is -0.453. The molecular weight excluding hydrogens is 264 g/mol. The van der Waals surface area contributed by atoms with Crippen LogP contribution in [0.1, 0.15) is 23.0 Å². The Hall–Kier alpha value is -1.86. The van der Waals surface area contributed by atoms with Gasteiger partial charge in [0, 0.05) is 13.7 Å². The summed E-state index contributed by atoms with van der Waals surface area (Å²) >= 11 is 0. The number of amides is 1. The molecule has 0 aliphatic carbocycles. The Balaban J connectivity index is 2.36. The standard InChI is InChI=1S/C13H20N2O5/c1-9(12(16)14-4-5-18-2)15-7-11-6-10(8-20-11)13(17)19-3/h6,8-9,15H,4-5,7H2,1-3H3,(H,14,16). The number of nitrogens with one attached hydrogen (secondary N) is 2. The molecule has 0 radical (unpaired) electrons. The van der Waals surface area contributed by atoms with Gasteiger partial charge in [0.25, 0.3) is 0 Å². The maximum Gasteiger partial charge on any atom is 0.341 e. The smallest absolute Gasteiger partial charge is 0.341 e. The Morgan fingerprint density at radius 3 is 2.80 bits per heavy atom. The monoisotopic (exact) mass is 284 g/mol. The molecule has 7 heteroatoms. The van der Waals surface area contributed by atoms with Crippen LogP contribution in [0.4, 0.5) is 0 Å². The number of carbonyl (C=O) groups excluding carboxylic acids is 2. The van der Waals surface area contributed by atoms with Gasteiger partial charge in [0.05, 0.1) is 31.9 Å². The first-order valence-electron chi connectivity index (χ1n) is 6.24. The van der Waals surface area contributed by atoms with E-state index in [1.807, 2.05) is 0 Å². The lowest BCUT2D eigenvalue weighted by Crippen LogP contribution is -2.42. The maximum absolute atomic E-state index is 11.7. The number of hydrogen-bond donors (Lipinski definition) is 2. The molecule has 0 aliphatic heterocycles. The zero-order valence-electron chi connectivity index (χ0n) is 11.9. The highest BCUT2D eigenvalue weighted by molar-refractivity contribution is 5.89. The van der Waals surface area contributed by atoms with E-state index >= 15 is 0 Å². The summed E-state index contributed by atoms with van der Waals surface area (Å²) in [4.78, 5) is 22.9. The molecule has 1 atom stereocenters. The molecule has 0 saturated carbocycles. The molecule has 0 saturated heterocycles. The molecule has 7 nitrogen and oxygen atoms in total. The van der Waals surface area contributed by atoms with Crippen LogP contribution in [-0.2, 0) is 20.8 Å². The van der Waals surface area contributed by atoms with Crippen LogP contribution < -0.4 is 10.6 Å². The van der Waals surface area contributed by atoms with E-state index in [9.17, 15) is 9.59 Å². The van der Waals surface area contributed by atoms with Crippen molar-refractivity contribution in [3.05, 3.63) is 23.7 Å². The van der Waals surface area contributed by atoms with Crippen molar-refractivity contribution in [2.45, 2.75) is 19.5 Å². The van der Waals surface area contributed by atoms with Gasteiger partial charge in [0.2, 0.25) is 5.91 Å². The summed E-state index contributed by atoms with van der Waals surface area (Å²) in [5.41, 5.74) is 0.349. The lowest BCUT2D eigenvalue weighted by molar-refractivity contribution is -0.123. The third kappa shape index (κ3) is 5.02. The fourth-order valence-corrected chi connectivity index (χ4v) is 1.47. The van der Waals surface area contributed by atoms with Crippen LogP contribution >= 0.6 is 0 Å². The Morgan fingerprint density at radius 1 is 1.40 bits per heavy atom. The van der Waals surface area contributed by atoms with E-state index in [2.05, 4.69) is 15.4 Å². The van der Waals surface area contributed by atoms with E-state index in [1.54, 1.807) is 20.1 Å². The molecule has 0 bridgehead atoms. The highest BCUT2D eigenvalue weighted by Gasteiger charge is 2.14. The lowest BCUT2D eigenvalue weighted by atomic mass is 10.3. The molecule has 112 valence electrons. The van der Waals surface area contributed by atoms with Crippen molar-refractivity contribution in [2.24, 2.45) is 0 Å². The zero-order valence-corrected chi connectivity index (χ0v) is 11.9. The molecule has 1 amide bonds. The van der Waals surface area contributed by atoms with E-state index in [0.717, 1.165) is 0 Å². The summed E-state index contributed by atoms with van der Waals surface area (Å²) < 4.78 is 14.6. The number of furan rings is 1. The predicted octanol–water partition coefficient (Wildman–Crippen LogP) is 0.307. The zero-order chi connectivity index (χ0) is 15.0. The van der Waals surface area contributed by atoms with E-state index in [1.165, 1.54) is 13.4 Å². The molecule has 2 N–H and O–H groups in total. The fourth-order valence-electron chi connectivity index (χ4n) is 1.47. The number of hydrogen-bond acceptors (Lipinski definition) is 6. The molecular formula is C13H20N2O5. The van der Waals surface area contributed by atoms with Crippen LogP contribution in [0, 0.1) is 0 Å². The highest BCUT2D eigenvalue weighted by atomic mass is 16.5. The second-order valence-corrected chi connectivity index (χ2v) is 4.18. The average Bonchev–Trinajstić information content (AvgIpc) is 2.92. The minimum absolute atomic E-state index is 0.123. The first kappa shape index (κ1) is 16.2. The van der Waals surface area contributed by atoms with Gasteiger partial charge in [-0.3, -0.25) is 10.1 Å². The summed E-state index contributed by atoms with van der Waals surface area (Å²) in [7, 11) is 2.88. The Morgan fingerprint density at radius 2 is 2.15 bits per heavy atom. The van der Waals surface area contributed by atoms with Crippen LogP contribution in [-0.4, -0.2) is 45.3 Å². The summed E-state index contributed by atoms with van der Waals surface area (Å²) in [6, 6.07) is 1.20. The third-order valence-electron chi connectivity index (χ3n) is 2.66. The van der Waals surface area contributed by atoms with Crippen molar-refractivity contribution in [1.82, 2.24) is 10.6 Å². The van der Waals surface area contributed by atoms with Crippen LogP contribution in [0.15, 0.2) is 16.7 Å². The number of methoxy groups -OCH3 is 2. The van der Waals surface area contributed by atoms with Crippen LogP contribution in [0.25, 0.3) is 0 Å². The second kappa shape index (κ2) is 8.34. The largest absolute Gasteiger partial charge is 0.467 e. The number of ether oxygens (including phenoxy) is 2. The molecule has 1 aromatic heterocycles. The molecule has 20 heavy (non-hydrogen) atoms. The summed E-state index contributed by atoms with van der Waals surface area (Å²) in [5.74, 6) is -0.0194. The van der Waals surface area contributed by atoms with Crippen molar-refractivity contribution in [2.75, 3.05) is 27.4 Å². The fraction of sp³-hybridized carbons (Fsp3) is 0.538. The number of rotatable bonds is 8. The molecule has 1 rings (SSSR count). The van der Waals surface area contributed by atoms with Crippen molar-refractivity contribution >= 4 is 11.9 Å². The van der Waals surface area contributed by atoms with Crippen molar-refractivity contribution in [1.29, 1.82) is 0 Å². The van der Waals surface area contributed by atoms with Crippen LogP contribution in [0.2, 0.25) is 0 Å². The molecule has 0 aliphatic rings. The maximum atomic E-state index is 11.7. The first-order chi connectivity index (χ1) is 9.58. The summed E-state index contributed by atoms with van der Waals surface area (Å²) in [5, 5.41) is 5.72. The molecule has 0 fully saturated rings. The average molecular weight is 284 g/mol. The molecule has 0 spiro atoms. The lowest BCUT2D eigenvalue weighted by Gasteiger charge is -2.12. The topological polar surface area (TPSA) is 89.8 Å². The van der Waals surface area contributed by atoms with Gasteiger partial charge in [-0.25, -0.2) is 4.79 Å². The van der Waals surface area contributed by atoms with Crippen LogP contribution in [0.3, 0.4) is 0 Å². The number of esters is 1. The SMILES string of the molecule is COCCNC(=O)C(C)NCc1cc(C(=O)OC)co1. The van der Waals surface area contributed by atoms with Crippen molar-refractivity contribution < 1.29 is 23.5 Å². The van der Waals surface area contributed by atoms with E-state index in [0.29, 0.717) is 31.0 Å². The van der Waals surface area contributed by atoms with Gasteiger partial charge in [0.1, 0.15) is 12.0 Å². The van der Waals surface area contributed by atoms with E-state index < -0.39 is 5.97 Å². The van der Waals surface area contributed by atoms with Gasteiger partial charge < -0.3 is 19.2 Å².